The first-order valence-electron chi connectivity index (χ1n) is 8.06. The molecule has 0 aliphatic carbocycles. The maximum atomic E-state index is 12.7. The summed E-state index contributed by atoms with van der Waals surface area (Å²) in [6.45, 7) is 4.19. The predicted molar refractivity (Wildman–Crippen MR) is 102 cm³/mol. The van der Waals surface area contributed by atoms with E-state index in [9.17, 15) is 9.59 Å². The molecule has 0 bridgehead atoms. The number of aryl methyl sites for hydroxylation is 1. The van der Waals surface area contributed by atoms with Crippen LogP contribution in [-0.4, -0.2) is 47.8 Å². The van der Waals surface area contributed by atoms with E-state index >= 15 is 0 Å². The van der Waals surface area contributed by atoms with Crippen LogP contribution in [0.4, 0.5) is 0 Å². The molecule has 0 saturated carbocycles. The lowest BCUT2D eigenvalue weighted by Gasteiger charge is -2.22. The molecule has 132 valence electrons. The maximum Gasteiger partial charge on any atom is 0.256 e. The second kappa shape index (κ2) is 7.77. The number of nitrogens with zero attached hydrogens (tertiary/aromatic N) is 2. The van der Waals surface area contributed by atoms with Gasteiger partial charge in [-0.1, -0.05) is 40.9 Å². The Balaban J connectivity index is 1.69. The van der Waals surface area contributed by atoms with Gasteiger partial charge >= 0.3 is 0 Å². The van der Waals surface area contributed by atoms with Crippen LogP contribution in [0.3, 0.4) is 0 Å². The smallest absolute Gasteiger partial charge is 0.256 e. The number of amides is 2. The van der Waals surface area contributed by atoms with Crippen molar-refractivity contribution in [3.8, 4) is 0 Å². The molecular weight excluding hydrogens is 379 g/mol. The van der Waals surface area contributed by atoms with Crippen LogP contribution in [0, 0.1) is 6.92 Å². The first-order chi connectivity index (χ1) is 12.0. The number of carbonyl (C=O) groups is 2. The number of carbonyl (C=O) groups excluding carboxylic acids is 2. The molecule has 1 aromatic carbocycles. The summed E-state index contributed by atoms with van der Waals surface area (Å²) in [6.07, 6.45) is 0.735. The van der Waals surface area contributed by atoms with Crippen LogP contribution in [0.5, 0.6) is 0 Å². The lowest BCUT2D eigenvalue weighted by Crippen LogP contribution is -2.37. The first kappa shape index (κ1) is 18.2. The maximum absolute atomic E-state index is 12.7. The minimum atomic E-state index is -0.127. The Bertz CT molecular complexity index is 806. The topological polar surface area (TPSA) is 40.6 Å². The van der Waals surface area contributed by atoms with Crippen molar-refractivity contribution < 1.29 is 9.59 Å². The van der Waals surface area contributed by atoms with E-state index in [2.05, 4.69) is 0 Å². The van der Waals surface area contributed by atoms with E-state index in [1.165, 1.54) is 11.3 Å². The zero-order valence-corrected chi connectivity index (χ0v) is 16.1. The summed E-state index contributed by atoms with van der Waals surface area (Å²) in [4.78, 5) is 28.9. The van der Waals surface area contributed by atoms with Crippen LogP contribution >= 0.6 is 34.5 Å². The van der Waals surface area contributed by atoms with Gasteiger partial charge in [-0.2, -0.15) is 0 Å². The molecular formula is C18H18Cl2N2O2S. The molecule has 1 aliphatic heterocycles. The number of halogens is 2. The Hall–Kier alpha value is -1.56. The summed E-state index contributed by atoms with van der Waals surface area (Å²) in [6, 6.07) is 9.19. The molecule has 0 radical (unpaired) electrons. The average molecular weight is 397 g/mol. The van der Waals surface area contributed by atoms with E-state index in [1.807, 2.05) is 36.1 Å². The third kappa shape index (κ3) is 4.17. The van der Waals surface area contributed by atoms with Crippen molar-refractivity contribution in [1.82, 2.24) is 9.80 Å². The van der Waals surface area contributed by atoms with Crippen LogP contribution in [0.25, 0.3) is 0 Å². The monoisotopic (exact) mass is 396 g/mol. The second-order valence-electron chi connectivity index (χ2n) is 6.05. The van der Waals surface area contributed by atoms with Crippen LogP contribution in [0.2, 0.25) is 8.67 Å². The quantitative estimate of drug-likeness (QED) is 0.756. The van der Waals surface area contributed by atoms with Gasteiger partial charge in [-0.25, -0.2) is 0 Å². The van der Waals surface area contributed by atoms with Gasteiger partial charge in [0.1, 0.15) is 4.34 Å². The van der Waals surface area contributed by atoms with E-state index in [0.29, 0.717) is 46.0 Å². The van der Waals surface area contributed by atoms with E-state index in [1.54, 1.807) is 11.0 Å². The fourth-order valence-electron chi connectivity index (χ4n) is 2.94. The predicted octanol–water partition coefficient (Wildman–Crippen LogP) is 4.35. The molecule has 1 aromatic heterocycles. The Morgan fingerprint density at radius 1 is 1.00 bits per heavy atom. The highest BCUT2D eigenvalue weighted by molar-refractivity contribution is 7.20. The normalized spacial score (nSPS) is 15.2. The van der Waals surface area contributed by atoms with Crippen molar-refractivity contribution in [1.29, 1.82) is 0 Å². The molecule has 1 fully saturated rings. The van der Waals surface area contributed by atoms with Gasteiger partial charge in [-0.3, -0.25) is 9.59 Å². The van der Waals surface area contributed by atoms with Crippen molar-refractivity contribution in [2.75, 3.05) is 26.2 Å². The van der Waals surface area contributed by atoms with E-state index < -0.39 is 0 Å². The molecule has 25 heavy (non-hydrogen) atoms. The highest BCUT2D eigenvalue weighted by Crippen LogP contribution is 2.32. The molecule has 0 N–H and O–H groups in total. The third-order valence-electron chi connectivity index (χ3n) is 4.22. The van der Waals surface area contributed by atoms with Crippen LogP contribution in [0.1, 0.15) is 32.7 Å². The first-order valence-corrected chi connectivity index (χ1v) is 9.63. The largest absolute Gasteiger partial charge is 0.337 e. The standard InChI is InChI=1S/C18H18Cl2N2O2S/c1-12-4-2-5-13(10-12)17(23)21-6-3-7-22(9-8-21)18(24)14-11-15(19)25-16(14)20/h2,4-5,10-11H,3,6-9H2,1H3. The van der Waals surface area contributed by atoms with Crippen molar-refractivity contribution in [2.45, 2.75) is 13.3 Å². The zero-order chi connectivity index (χ0) is 18.0. The molecule has 1 aliphatic rings. The van der Waals surface area contributed by atoms with E-state index in [-0.39, 0.29) is 11.8 Å². The average Bonchev–Trinajstić information content (AvgIpc) is 2.79. The number of hydrogen-bond donors (Lipinski definition) is 0. The van der Waals surface area contributed by atoms with Crippen LogP contribution < -0.4 is 0 Å². The van der Waals surface area contributed by atoms with E-state index in [0.717, 1.165) is 12.0 Å². The lowest BCUT2D eigenvalue weighted by molar-refractivity contribution is 0.0719. The van der Waals surface area contributed by atoms with Crippen molar-refractivity contribution in [3.05, 3.63) is 55.7 Å². The molecule has 7 heteroatoms. The van der Waals surface area contributed by atoms with Gasteiger partial charge in [0.2, 0.25) is 0 Å². The minimum absolute atomic E-state index is 0.00890. The lowest BCUT2D eigenvalue weighted by atomic mass is 10.1. The molecule has 2 aromatic rings. The molecule has 0 atom stereocenters. The Labute approximate surface area is 160 Å². The highest BCUT2D eigenvalue weighted by atomic mass is 35.5. The number of hydrogen-bond acceptors (Lipinski definition) is 3. The SMILES string of the molecule is Cc1cccc(C(=O)N2CCCN(C(=O)c3cc(Cl)sc3Cl)CC2)c1. The molecule has 0 unspecified atom stereocenters. The van der Waals surface area contributed by atoms with Gasteiger partial charge in [0, 0.05) is 31.7 Å². The molecule has 1 saturated heterocycles. The minimum Gasteiger partial charge on any atom is -0.337 e. The highest BCUT2D eigenvalue weighted by Gasteiger charge is 2.25. The van der Waals surface area contributed by atoms with Crippen LogP contribution in [-0.2, 0) is 0 Å². The Kier molecular flexibility index (Phi) is 5.67. The fourth-order valence-corrected chi connectivity index (χ4v) is 4.39. The molecule has 2 heterocycles. The van der Waals surface area contributed by atoms with Gasteiger partial charge in [-0.05, 0) is 31.5 Å². The van der Waals surface area contributed by atoms with Crippen LogP contribution in [0.15, 0.2) is 30.3 Å². The Morgan fingerprint density at radius 2 is 1.68 bits per heavy atom. The third-order valence-corrected chi connectivity index (χ3v) is 5.71. The fraction of sp³-hybridized carbons (Fsp3) is 0.333. The summed E-state index contributed by atoms with van der Waals surface area (Å²) in [5, 5.41) is 0. The molecule has 4 nitrogen and oxygen atoms in total. The molecule has 2 amide bonds. The second-order valence-corrected chi connectivity index (χ2v) is 8.33. The van der Waals surface area contributed by atoms with Gasteiger partial charge in [-0.15, -0.1) is 11.3 Å². The molecule has 3 rings (SSSR count). The molecule has 0 spiro atoms. The number of thiophene rings is 1. The summed E-state index contributed by atoms with van der Waals surface area (Å²) in [5.41, 5.74) is 2.18. The van der Waals surface area contributed by atoms with E-state index in [4.69, 9.17) is 23.2 Å². The van der Waals surface area contributed by atoms with Crippen molar-refractivity contribution in [3.63, 3.8) is 0 Å². The summed E-state index contributed by atoms with van der Waals surface area (Å²) >= 11 is 13.2. The summed E-state index contributed by atoms with van der Waals surface area (Å²) in [7, 11) is 0. The number of rotatable bonds is 2. The van der Waals surface area contributed by atoms with Crippen molar-refractivity contribution >= 4 is 46.4 Å². The van der Waals surface area contributed by atoms with Gasteiger partial charge in [0.05, 0.1) is 9.90 Å². The number of benzene rings is 1. The van der Waals surface area contributed by atoms with Crippen molar-refractivity contribution in [2.24, 2.45) is 0 Å². The van der Waals surface area contributed by atoms with Gasteiger partial charge in [0.25, 0.3) is 11.8 Å². The Morgan fingerprint density at radius 3 is 2.28 bits per heavy atom. The summed E-state index contributed by atoms with van der Waals surface area (Å²) in [5.74, 6) is -0.118. The summed E-state index contributed by atoms with van der Waals surface area (Å²) < 4.78 is 0.909. The van der Waals surface area contributed by atoms with Gasteiger partial charge in [0.15, 0.2) is 0 Å². The van der Waals surface area contributed by atoms with Gasteiger partial charge < -0.3 is 9.80 Å². The zero-order valence-electron chi connectivity index (χ0n) is 13.8.